The van der Waals surface area contributed by atoms with Gasteiger partial charge < -0.3 is 14.2 Å². The first-order valence-electron chi connectivity index (χ1n) is 12.4. The zero-order chi connectivity index (χ0) is 33.4. The molecule has 1 aromatic heterocycles. The van der Waals surface area contributed by atoms with Gasteiger partial charge in [0.25, 0.3) is 23.1 Å². The first-order valence-corrected chi connectivity index (χ1v) is 15.2. The minimum absolute atomic E-state index is 0. The van der Waals surface area contributed by atoms with Crippen LogP contribution in [0.15, 0.2) is 92.1 Å². The Balaban J connectivity index is 0.00000384. The Morgan fingerprint density at radius 3 is 1.90 bits per heavy atom. The number of allylic oxidation sites excluding steroid dienone is 2. The molecule has 2 heterocycles. The molecule has 0 N–H and O–H groups in total. The van der Waals surface area contributed by atoms with E-state index in [1.54, 1.807) is 6.07 Å². The molecule has 0 spiro atoms. The van der Waals surface area contributed by atoms with E-state index < -0.39 is 64.5 Å². The van der Waals surface area contributed by atoms with Gasteiger partial charge >= 0.3 is 88.7 Å². The van der Waals surface area contributed by atoms with Crippen LogP contribution >= 0.6 is 0 Å². The van der Waals surface area contributed by atoms with E-state index in [2.05, 4.69) is 4.85 Å². The number of nitrogens with zero attached hydrogens (tertiary/aromatic N) is 4. The smallest absolute Gasteiger partial charge is 0.859 e. The fraction of sp³-hybridized carbons (Fsp3) is 0.0690. The molecule has 0 saturated carbocycles. The quantitative estimate of drug-likeness (QED) is 0.0767. The van der Waals surface area contributed by atoms with Crippen molar-refractivity contribution >= 4 is 43.8 Å². The normalized spacial score (nSPS) is 14.1. The van der Waals surface area contributed by atoms with Crippen LogP contribution in [0.25, 0.3) is 16.6 Å². The summed E-state index contributed by atoms with van der Waals surface area (Å²) in [5.41, 5.74) is -3.18. The summed E-state index contributed by atoms with van der Waals surface area (Å²) in [5.74, 6) is -3.06. The van der Waals surface area contributed by atoms with Gasteiger partial charge in [-0.05, 0) is 72.8 Å². The van der Waals surface area contributed by atoms with Crippen LogP contribution in [0.3, 0.4) is 0 Å². The van der Waals surface area contributed by atoms with Crippen molar-refractivity contribution in [1.29, 1.82) is 5.26 Å². The van der Waals surface area contributed by atoms with E-state index in [0.717, 1.165) is 48.6 Å². The largest absolute Gasteiger partial charge is 1.00 e. The van der Waals surface area contributed by atoms with Crippen LogP contribution in [0.2, 0.25) is 0 Å². The van der Waals surface area contributed by atoms with Gasteiger partial charge in [-0.2, -0.15) is 5.26 Å². The Morgan fingerprint density at radius 1 is 0.875 bits per heavy atom. The predicted molar refractivity (Wildman–Crippen MR) is 152 cm³/mol. The van der Waals surface area contributed by atoms with Gasteiger partial charge in [0, 0.05) is 11.3 Å². The van der Waals surface area contributed by atoms with Crippen LogP contribution in [0.5, 0.6) is 5.88 Å². The molecule has 0 atom stereocenters. The number of nitriles is 1. The molecule has 0 unspecified atom stereocenters. The minimum Gasteiger partial charge on any atom is -0.859 e. The number of carbonyl (C=O) groups excluding carboxylic acids is 2. The van der Waals surface area contributed by atoms with E-state index >= 15 is 0 Å². The number of anilines is 1. The third-order valence-corrected chi connectivity index (χ3v) is 8.37. The first kappa shape index (κ1) is 43.4. The Hall–Kier alpha value is -2.65. The van der Waals surface area contributed by atoms with E-state index in [1.165, 1.54) is 32.1 Å². The zero-order valence-corrected chi connectivity index (χ0v) is 33.7. The molecule has 0 aliphatic carbocycles. The fourth-order valence-electron chi connectivity index (χ4n) is 4.47. The summed E-state index contributed by atoms with van der Waals surface area (Å²) in [6, 6.07) is 9.87. The van der Waals surface area contributed by atoms with Crippen LogP contribution < -0.4 is 104 Å². The molecule has 0 radical (unpaired) electrons. The fourth-order valence-corrected chi connectivity index (χ4v) is 5.49. The third-order valence-electron chi connectivity index (χ3n) is 6.71. The summed E-state index contributed by atoms with van der Waals surface area (Å²) < 4.78 is 69.6. The minimum atomic E-state index is -4.96. The number of aromatic nitrogens is 1. The number of amides is 2. The predicted octanol–water partition coefficient (Wildman–Crippen LogP) is -7.38. The SMILES string of the molecule is [C-]#[N+]C1=C(C)/C(=C/C=Cc2c(C)c(C#N)c(=O)n(-c3cccc(S(=O)(=O)[O-])c3)c2[O-])C(=O)N(c2cccc(S(=O)(=O)[O-])c2)C1=O.[Na+].[Na+].[Na+]. The molecular formula is C29H17N4Na3O10S2. The molecule has 1 aliphatic heterocycles. The van der Waals surface area contributed by atoms with Crippen LogP contribution in [0.4, 0.5) is 5.69 Å². The number of pyridine rings is 1. The monoisotopic (exact) mass is 714 g/mol. The van der Waals surface area contributed by atoms with E-state index in [9.17, 15) is 50.7 Å². The second-order valence-electron chi connectivity index (χ2n) is 9.34. The van der Waals surface area contributed by atoms with Crippen molar-refractivity contribution in [1.82, 2.24) is 4.57 Å². The number of imide groups is 1. The van der Waals surface area contributed by atoms with Crippen molar-refractivity contribution < 1.29 is 129 Å². The second-order valence-corrected chi connectivity index (χ2v) is 12.1. The van der Waals surface area contributed by atoms with Crippen LogP contribution in [0, 0.1) is 24.8 Å². The van der Waals surface area contributed by atoms with E-state index in [4.69, 9.17) is 6.57 Å². The van der Waals surface area contributed by atoms with Gasteiger partial charge in [-0.15, -0.1) is 0 Å². The van der Waals surface area contributed by atoms with Crippen molar-refractivity contribution in [3.05, 3.63) is 116 Å². The topological polar surface area (TPSA) is 225 Å². The first-order chi connectivity index (χ1) is 21.0. The summed E-state index contributed by atoms with van der Waals surface area (Å²) >= 11 is 0. The van der Waals surface area contributed by atoms with Crippen LogP contribution in [-0.4, -0.2) is 42.3 Å². The molecule has 1 aliphatic rings. The number of rotatable bonds is 6. The molecule has 0 saturated heterocycles. The maximum absolute atomic E-state index is 13.5. The van der Waals surface area contributed by atoms with Gasteiger partial charge in [-0.1, -0.05) is 30.4 Å². The van der Waals surface area contributed by atoms with Gasteiger partial charge in [-0.3, -0.25) is 23.9 Å². The summed E-state index contributed by atoms with van der Waals surface area (Å²) in [6.45, 7) is 10.1. The average Bonchev–Trinajstić information content (AvgIpc) is 2.96. The number of carbonyl (C=O) groups is 2. The van der Waals surface area contributed by atoms with Gasteiger partial charge in [0.05, 0.1) is 22.1 Å². The summed E-state index contributed by atoms with van der Waals surface area (Å²) in [5, 5.41) is 23.1. The molecule has 0 bridgehead atoms. The van der Waals surface area contributed by atoms with Crippen molar-refractivity contribution in [3.63, 3.8) is 0 Å². The Kier molecular flexibility index (Phi) is 15.2. The average molecular weight is 715 g/mol. The van der Waals surface area contributed by atoms with Crippen molar-refractivity contribution in [2.75, 3.05) is 4.90 Å². The maximum atomic E-state index is 13.5. The summed E-state index contributed by atoms with van der Waals surface area (Å²) in [4.78, 5) is 41.8. The molecule has 0 fully saturated rings. The molecule has 2 amide bonds. The standard InChI is InChI=1S/C29H20N4O10S2.3Na/c1-16-22(26(34)32(28(36)24(16)15-30)18-7-4-9-20(13-18)44(38,39)40)11-6-12-23-17(2)25(31-3)29(37)33(27(23)35)19-8-5-10-21(14-19)45(41,42)43;;;/h4-14,34H,1-2H3,(H,38,39,40)(H,41,42,43);;;/q;3*+1/p-3/b11-6?,23-12-;;;. The summed E-state index contributed by atoms with van der Waals surface area (Å²) in [6.07, 6.45) is 3.45. The Labute approximate surface area is 341 Å². The van der Waals surface area contributed by atoms with Gasteiger partial charge in [0.2, 0.25) is 0 Å². The number of hydrogen-bond donors (Lipinski definition) is 0. The van der Waals surface area contributed by atoms with Crippen LogP contribution in [-0.2, 0) is 29.8 Å². The van der Waals surface area contributed by atoms with Crippen molar-refractivity contribution in [2.45, 2.75) is 23.6 Å². The van der Waals surface area contributed by atoms with Crippen LogP contribution in [0.1, 0.15) is 23.6 Å². The van der Waals surface area contributed by atoms with Crippen molar-refractivity contribution in [2.24, 2.45) is 0 Å². The summed E-state index contributed by atoms with van der Waals surface area (Å²) in [7, 11) is -9.92. The van der Waals surface area contributed by atoms with Gasteiger partial charge in [0.15, 0.2) is 0 Å². The van der Waals surface area contributed by atoms with Crippen molar-refractivity contribution in [3.8, 4) is 17.6 Å². The third kappa shape index (κ3) is 8.55. The second kappa shape index (κ2) is 16.8. The Morgan fingerprint density at radius 2 is 1.40 bits per heavy atom. The molecule has 228 valence electrons. The molecule has 19 heteroatoms. The van der Waals surface area contributed by atoms with Gasteiger partial charge in [-0.25, -0.2) is 21.7 Å². The molecule has 14 nitrogen and oxygen atoms in total. The maximum Gasteiger partial charge on any atom is 1.00 e. The Bertz CT molecular complexity index is 2300. The molecule has 2 aromatic carbocycles. The molecule has 3 aromatic rings. The van der Waals surface area contributed by atoms with E-state index in [1.807, 2.05) is 0 Å². The zero-order valence-electron chi connectivity index (χ0n) is 26.0. The number of benzene rings is 2. The van der Waals surface area contributed by atoms with E-state index in [-0.39, 0.29) is 122 Å². The van der Waals surface area contributed by atoms with E-state index in [0.29, 0.717) is 9.47 Å². The number of hydrogen-bond acceptors (Lipinski definition) is 11. The molecule has 48 heavy (non-hydrogen) atoms. The molecule has 4 rings (SSSR count). The molecular weight excluding hydrogens is 697 g/mol. The van der Waals surface area contributed by atoms with Gasteiger partial charge in [0.1, 0.15) is 31.9 Å².